The van der Waals surface area contributed by atoms with Gasteiger partial charge in [-0.15, -0.1) is 0 Å². The summed E-state index contributed by atoms with van der Waals surface area (Å²) in [7, 11) is 1.43. The van der Waals surface area contributed by atoms with Gasteiger partial charge in [0.2, 0.25) is 11.8 Å². The summed E-state index contributed by atoms with van der Waals surface area (Å²) in [6.07, 6.45) is 0. The summed E-state index contributed by atoms with van der Waals surface area (Å²) in [4.78, 5) is 26.4. The molecule has 0 atom stereocenters. The Bertz CT molecular complexity index is 919. The number of para-hydroxylation sites is 1. The Morgan fingerprint density at radius 3 is 2.88 bits per heavy atom. The molecule has 0 unspecified atom stereocenters. The van der Waals surface area contributed by atoms with Crippen LogP contribution in [0.4, 0.5) is 11.4 Å². The van der Waals surface area contributed by atoms with Crippen LogP contribution in [0.3, 0.4) is 0 Å². The summed E-state index contributed by atoms with van der Waals surface area (Å²) in [5.74, 6) is -0.0458. The van der Waals surface area contributed by atoms with Crippen LogP contribution in [0.15, 0.2) is 46.9 Å². The van der Waals surface area contributed by atoms with E-state index in [1.165, 1.54) is 25.3 Å². The van der Waals surface area contributed by atoms with E-state index in [4.69, 9.17) is 9.15 Å². The number of non-ortho nitro benzene ring substituents is 1. The molecule has 3 aromatic rings. The maximum Gasteiger partial charge on any atom is 0.273 e. The van der Waals surface area contributed by atoms with Crippen LogP contribution in [0.25, 0.3) is 22.6 Å². The van der Waals surface area contributed by atoms with Crippen molar-refractivity contribution >= 4 is 28.4 Å². The number of aromatic nitrogens is 1. The van der Waals surface area contributed by atoms with Crippen LogP contribution in [0.1, 0.15) is 0 Å². The van der Waals surface area contributed by atoms with Gasteiger partial charge < -0.3 is 14.5 Å². The van der Waals surface area contributed by atoms with Crippen molar-refractivity contribution < 1.29 is 18.9 Å². The minimum atomic E-state index is -0.499. The standard InChI is InChI=1S/C16H13N3O5/c1-23-9-15(20)17-12-5-3-2-4-11(12)16-18-13-7-6-10(19(21)22)8-14(13)24-16/h2-8H,9H2,1H3,(H,17,20). The van der Waals surface area contributed by atoms with Gasteiger partial charge in [-0.2, -0.15) is 0 Å². The van der Waals surface area contributed by atoms with Crippen molar-refractivity contribution in [2.24, 2.45) is 0 Å². The molecule has 8 heteroatoms. The number of carbonyl (C=O) groups excluding carboxylic acids is 1. The molecule has 0 saturated carbocycles. The van der Waals surface area contributed by atoms with Gasteiger partial charge in [-0.25, -0.2) is 4.98 Å². The molecule has 3 rings (SSSR count). The molecular formula is C16H13N3O5. The first-order valence-electron chi connectivity index (χ1n) is 7.01. The summed E-state index contributed by atoms with van der Waals surface area (Å²) in [6, 6.07) is 11.2. The number of amides is 1. The second-order valence-electron chi connectivity index (χ2n) is 4.95. The molecule has 0 aliphatic heterocycles. The van der Waals surface area contributed by atoms with Crippen LogP contribution in [0.2, 0.25) is 0 Å². The molecule has 0 aliphatic rings. The summed E-state index contributed by atoms with van der Waals surface area (Å²) >= 11 is 0. The van der Waals surface area contributed by atoms with E-state index in [2.05, 4.69) is 10.3 Å². The zero-order valence-corrected chi connectivity index (χ0v) is 12.7. The zero-order valence-electron chi connectivity index (χ0n) is 12.7. The van der Waals surface area contributed by atoms with Crippen molar-refractivity contribution in [1.29, 1.82) is 0 Å². The lowest BCUT2D eigenvalue weighted by Crippen LogP contribution is -2.17. The van der Waals surface area contributed by atoms with Gasteiger partial charge in [-0.05, 0) is 18.2 Å². The van der Waals surface area contributed by atoms with Gasteiger partial charge in [-0.3, -0.25) is 14.9 Å². The van der Waals surface area contributed by atoms with Crippen LogP contribution < -0.4 is 5.32 Å². The Kier molecular flexibility index (Phi) is 4.21. The zero-order chi connectivity index (χ0) is 17.1. The molecule has 0 bridgehead atoms. The number of hydrogen-bond donors (Lipinski definition) is 1. The van der Waals surface area contributed by atoms with Gasteiger partial charge in [0.15, 0.2) is 5.58 Å². The fraction of sp³-hybridized carbons (Fsp3) is 0.125. The highest BCUT2D eigenvalue weighted by Gasteiger charge is 2.16. The maximum atomic E-state index is 11.7. The fourth-order valence-corrected chi connectivity index (χ4v) is 2.24. The molecule has 0 aliphatic carbocycles. The molecule has 0 saturated heterocycles. The quantitative estimate of drug-likeness (QED) is 0.570. The van der Waals surface area contributed by atoms with Gasteiger partial charge in [0, 0.05) is 13.2 Å². The van der Waals surface area contributed by atoms with Gasteiger partial charge in [0.05, 0.1) is 22.2 Å². The number of methoxy groups -OCH3 is 1. The Balaban J connectivity index is 2.01. The third-order valence-electron chi connectivity index (χ3n) is 3.29. The molecule has 1 amide bonds. The molecule has 1 aromatic heterocycles. The molecule has 8 nitrogen and oxygen atoms in total. The Morgan fingerprint density at radius 1 is 1.33 bits per heavy atom. The average Bonchev–Trinajstić information content (AvgIpc) is 2.98. The number of rotatable bonds is 5. The van der Waals surface area contributed by atoms with Crippen molar-refractivity contribution in [1.82, 2.24) is 4.98 Å². The topological polar surface area (TPSA) is 108 Å². The van der Waals surface area contributed by atoms with Gasteiger partial charge in [0.25, 0.3) is 5.69 Å². The summed E-state index contributed by atoms with van der Waals surface area (Å²) in [5, 5.41) is 13.6. The van der Waals surface area contributed by atoms with E-state index in [0.29, 0.717) is 22.4 Å². The molecule has 122 valence electrons. The van der Waals surface area contributed by atoms with Crippen LogP contribution in [-0.4, -0.2) is 29.5 Å². The van der Waals surface area contributed by atoms with Crippen LogP contribution in [-0.2, 0) is 9.53 Å². The molecular weight excluding hydrogens is 314 g/mol. The minimum absolute atomic E-state index is 0.0753. The van der Waals surface area contributed by atoms with Crippen LogP contribution in [0, 0.1) is 10.1 Å². The normalized spacial score (nSPS) is 10.7. The number of nitrogens with zero attached hydrogens (tertiary/aromatic N) is 2. The number of benzene rings is 2. The van der Waals surface area contributed by atoms with Crippen molar-refractivity contribution in [2.75, 3.05) is 19.0 Å². The smallest absolute Gasteiger partial charge is 0.273 e. The predicted molar refractivity (Wildman–Crippen MR) is 86.6 cm³/mol. The molecule has 1 heterocycles. The highest BCUT2D eigenvalue weighted by molar-refractivity contribution is 5.95. The second-order valence-corrected chi connectivity index (χ2v) is 4.95. The van der Waals surface area contributed by atoms with E-state index in [9.17, 15) is 14.9 Å². The minimum Gasteiger partial charge on any atom is -0.436 e. The van der Waals surface area contributed by atoms with Crippen molar-refractivity contribution in [3.05, 3.63) is 52.6 Å². The Morgan fingerprint density at radius 2 is 2.12 bits per heavy atom. The van der Waals surface area contributed by atoms with Gasteiger partial charge >= 0.3 is 0 Å². The highest BCUT2D eigenvalue weighted by atomic mass is 16.6. The number of oxazole rings is 1. The lowest BCUT2D eigenvalue weighted by molar-refractivity contribution is -0.384. The van der Waals surface area contributed by atoms with E-state index in [0.717, 1.165) is 0 Å². The third kappa shape index (κ3) is 3.08. The molecule has 1 N–H and O–H groups in total. The Labute approximate surface area is 136 Å². The second kappa shape index (κ2) is 6.47. The van der Waals surface area contributed by atoms with E-state index < -0.39 is 4.92 Å². The summed E-state index contributed by atoms with van der Waals surface area (Å²) in [6.45, 7) is -0.0753. The molecule has 0 spiro atoms. The first kappa shape index (κ1) is 15.6. The number of ether oxygens (including phenoxy) is 1. The number of nitrogens with one attached hydrogen (secondary N) is 1. The lowest BCUT2D eigenvalue weighted by atomic mass is 10.1. The van der Waals surface area contributed by atoms with Gasteiger partial charge in [0.1, 0.15) is 12.1 Å². The Hall–Kier alpha value is -3.26. The highest BCUT2D eigenvalue weighted by Crippen LogP contribution is 2.31. The number of nitro benzene ring substituents is 1. The first-order chi connectivity index (χ1) is 11.6. The van der Waals surface area contributed by atoms with Gasteiger partial charge in [-0.1, -0.05) is 12.1 Å². The largest absolute Gasteiger partial charge is 0.436 e. The number of carbonyl (C=O) groups is 1. The molecule has 2 aromatic carbocycles. The number of hydrogen-bond acceptors (Lipinski definition) is 6. The van der Waals surface area contributed by atoms with Crippen LogP contribution >= 0.6 is 0 Å². The number of anilines is 1. The monoisotopic (exact) mass is 327 g/mol. The lowest BCUT2D eigenvalue weighted by Gasteiger charge is -2.08. The van der Waals surface area contributed by atoms with Crippen LogP contribution in [0.5, 0.6) is 0 Å². The SMILES string of the molecule is COCC(=O)Nc1ccccc1-c1nc2ccc([N+](=O)[O-])cc2o1. The number of nitro groups is 1. The van der Waals surface area contributed by atoms with E-state index in [1.54, 1.807) is 24.3 Å². The third-order valence-corrected chi connectivity index (χ3v) is 3.29. The molecule has 24 heavy (non-hydrogen) atoms. The first-order valence-corrected chi connectivity index (χ1v) is 7.01. The van der Waals surface area contributed by atoms with E-state index >= 15 is 0 Å². The fourth-order valence-electron chi connectivity index (χ4n) is 2.24. The summed E-state index contributed by atoms with van der Waals surface area (Å²) < 4.78 is 10.4. The predicted octanol–water partition coefficient (Wildman–Crippen LogP) is 2.99. The number of fused-ring (bicyclic) bond motifs is 1. The summed E-state index contributed by atoms with van der Waals surface area (Å²) in [5.41, 5.74) is 1.80. The maximum absolute atomic E-state index is 11.7. The van der Waals surface area contributed by atoms with Crippen molar-refractivity contribution in [3.63, 3.8) is 0 Å². The molecule has 0 fully saturated rings. The van der Waals surface area contributed by atoms with Crippen molar-refractivity contribution in [2.45, 2.75) is 0 Å². The van der Waals surface area contributed by atoms with E-state index in [1.807, 2.05) is 0 Å². The molecule has 0 radical (unpaired) electrons. The van der Waals surface area contributed by atoms with Crippen molar-refractivity contribution in [3.8, 4) is 11.5 Å². The average molecular weight is 327 g/mol. The van der Waals surface area contributed by atoms with E-state index in [-0.39, 0.29) is 24.1 Å².